The van der Waals surface area contributed by atoms with Crippen LogP contribution in [0.1, 0.15) is 131 Å². The zero-order valence-corrected chi connectivity index (χ0v) is 59.6. The van der Waals surface area contributed by atoms with Crippen LogP contribution in [0.5, 0.6) is 0 Å². The van der Waals surface area contributed by atoms with Gasteiger partial charge in [-0.2, -0.15) is 0 Å². The van der Waals surface area contributed by atoms with Gasteiger partial charge in [-0.05, 0) is 95.2 Å². The van der Waals surface area contributed by atoms with Crippen LogP contribution in [-0.2, 0) is 71.6 Å². The number of nitrogens with zero attached hydrogens (tertiary/aromatic N) is 6. The fraction of sp³-hybridized carbons (Fsp3) is 0.423. The fourth-order valence-electron chi connectivity index (χ4n) is 13.6. The van der Waals surface area contributed by atoms with Crippen molar-refractivity contribution in [2.24, 2.45) is 17.8 Å². The topological polar surface area (TPSA) is 345 Å². The van der Waals surface area contributed by atoms with Gasteiger partial charge in [0.15, 0.2) is 17.3 Å². The van der Waals surface area contributed by atoms with Crippen LogP contribution in [0.15, 0.2) is 145 Å². The predicted octanol–water partition coefficient (Wildman–Crippen LogP) is 7.19. The molecule has 3 aromatic carbocycles. The maximum Gasteiger partial charge on any atom is 0.308 e. The maximum atomic E-state index is 13.3. The second-order valence-electron chi connectivity index (χ2n) is 26.7. The number of ether oxygens (including phenoxy) is 6. The lowest BCUT2D eigenvalue weighted by molar-refractivity contribution is -0.168. The van der Waals surface area contributed by atoms with Gasteiger partial charge in [0.05, 0.1) is 38.9 Å². The Morgan fingerprint density at radius 1 is 0.410 bits per heavy atom. The van der Waals surface area contributed by atoms with Gasteiger partial charge in [-0.1, -0.05) is 108 Å². The summed E-state index contributed by atoms with van der Waals surface area (Å²) in [6.45, 7) is 12.6. The molecule has 6 amide bonds. The maximum absolute atomic E-state index is 13.3. The number of amides is 6. The number of Topliss-reactive ketones (excluding diaryl/α,β-unsaturated/α-hetero) is 3. The van der Waals surface area contributed by atoms with Crippen molar-refractivity contribution in [1.82, 2.24) is 45.6 Å². The quantitative estimate of drug-likeness (QED) is 0.0306. The summed E-state index contributed by atoms with van der Waals surface area (Å²) >= 11 is 0. The van der Waals surface area contributed by atoms with Gasteiger partial charge in [-0.25, -0.2) is 0 Å². The van der Waals surface area contributed by atoms with E-state index in [1.165, 1.54) is 14.7 Å². The molecule has 0 bridgehead atoms. The highest BCUT2D eigenvalue weighted by molar-refractivity contribution is 6.09. The highest BCUT2D eigenvalue weighted by atomic mass is 16.7. The van der Waals surface area contributed by atoms with Crippen molar-refractivity contribution >= 4 is 103 Å². The highest BCUT2D eigenvalue weighted by Crippen LogP contribution is 2.31. The van der Waals surface area contributed by atoms with E-state index in [0.29, 0.717) is 74.9 Å². The number of fused-ring (bicyclic) bond motifs is 3. The third kappa shape index (κ3) is 20.2. The standard InChI is InChI=1S/3C26H29N3O6/c3*1-3-34-26-18(13-22(31)35-26)12-19(30)15-29-14-16(2)8-9-21(25(29)33)28-24(32)23-20-7-5-4-6-17(20)10-11-27-23/h3*4-8,10-11,18,21,26H,3,9,12-15H2,1-2H3,(H,28,32). The predicted molar refractivity (Wildman–Crippen MR) is 382 cm³/mol. The SMILES string of the molecule is CCOC1OC(=O)CC1CC(=O)CN1CC(C)=CCC(NC(=O)c2nccc3ccccc23)C1=O.CCOC1OC(=O)CC1CC(=O)CN1CC(C)=CCC(NC(=O)c2nccc3ccccc23)C1=O.CCOC1OC(=O)CC1CC(=O)CN1CC(C)=CCC(NC(=O)c2nccc3ccccc23)C1=O. The third-order valence-electron chi connectivity index (χ3n) is 18.6. The van der Waals surface area contributed by atoms with Gasteiger partial charge in [-0.15, -0.1) is 0 Å². The number of pyridine rings is 3. The molecular weight excluding hydrogens is 1350 g/mol. The number of aromatic nitrogens is 3. The summed E-state index contributed by atoms with van der Waals surface area (Å²) in [5, 5.41) is 13.2. The van der Waals surface area contributed by atoms with Crippen molar-refractivity contribution in [1.29, 1.82) is 0 Å². The Hall–Kier alpha value is -10.8. The van der Waals surface area contributed by atoms with Crippen LogP contribution in [0.4, 0.5) is 0 Å². The van der Waals surface area contributed by atoms with E-state index in [9.17, 15) is 57.5 Å². The van der Waals surface area contributed by atoms with E-state index in [1.54, 1.807) is 39.4 Å². The van der Waals surface area contributed by atoms with E-state index >= 15 is 0 Å². The first-order valence-corrected chi connectivity index (χ1v) is 35.3. The Kier molecular flexibility index (Phi) is 26.4. The Morgan fingerprint density at radius 2 is 0.676 bits per heavy atom. The normalized spacial score (nSPS) is 22.5. The first kappa shape index (κ1) is 76.9. The van der Waals surface area contributed by atoms with Crippen molar-refractivity contribution in [3.05, 3.63) is 162 Å². The summed E-state index contributed by atoms with van der Waals surface area (Å²) in [6.07, 6.45) is 9.69. The zero-order chi connectivity index (χ0) is 74.8. The molecule has 0 saturated carbocycles. The number of nitrogens with one attached hydrogen (secondary N) is 3. The van der Waals surface area contributed by atoms with Crippen molar-refractivity contribution in [2.45, 2.75) is 136 Å². The largest absolute Gasteiger partial charge is 0.435 e. The van der Waals surface area contributed by atoms with E-state index in [2.05, 4.69) is 30.9 Å². The highest BCUT2D eigenvalue weighted by Gasteiger charge is 2.42. The van der Waals surface area contributed by atoms with Gasteiger partial charge in [0.25, 0.3) is 17.7 Å². The Labute approximate surface area is 606 Å². The van der Waals surface area contributed by atoms with Gasteiger partial charge in [0, 0.05) is 111 Å². The molecule has 12 rings (SSSR count). The van der Waals surface area contributed by atoms with Gasteiger partial charge in [-0.3, -0.25) is 72.5 Å². The first-order chi connectivity index (χ1) is 50.6. The summed E-state index contributed by atoms with van der Waals surface area (Å²) in [4.78, 5) is 170. The molecule has 27 nitrogen and oxygen atoms in total. The van der Waals surface area contributed by atoms with E-state index in [1.807, 2.05) is 130 Å². The lowest BCUT2D eigenvalue weighted by atomic mass is 9.99. The van der Waals surface area contributed by atoms with Crippen molar-refractivity contribution < 1.29 is 86.0 Å². The minimum absolute atomic E-state index is 0.0693. The molecule has 105 heavy (non-hydrogen) atoms. The summed E-state index contributed by atoms with van der Waals surface area (Å²) in [6, 6.07) is 25.3. The van der Waals surface area contributed by atoms with Crippen LogP contribution in [0.2, 0.25) is 0 Å². The van der Waals surface area contributed by atoms with Crippen LogP contribution < -0.4 is 16.0 Å². The smallest absolute Gasteiger partial charge is 0.308 e. The van der Waals surface area contributed by atoms with Crippen molar-refractivity contribution in [3.63, 3.8) is 0 Å². The van der Waals surface area contributed by atoms with Crippen LogP contribution in [0, 0.1) is 17.8 Å². The molecule has 27 heteroatoms. The first-order valence-electron chi connectivity index (χ1n) is 35.3. The van der Waals surface area contributed by atoms with E-state index in [-0.39, 0.29) is 128 Å². The van der Waals surface area contributed by atoms with Gasteiger partial charge >= 0.3 is 17.9 Å². The summed E-state index contributed by atoms with van der Waals surface area (Å²) in [7, 11) is 0. The monoisotopic (exact) mass is 1440 g/mol. The molecule has 9 heterocycles. The van der Waals surface area contributed by atoms with Gasteiger partial charge in [0.2, 0.25) is 36.6 Å². The fourth-order valence-corrected chi connectivity index (χ4v) is 13.6. The molecule has 6 aliphatic rings. The minimum Gasteiger partial charge on any atom is -0.435 e. The lowest BCUT2D eigenvalue weighted by Gasteiger charge is -2.25. The molecule has 0 radical (unpaired) electrons. The van der Waals surface area contributed by atoms with Crippen LogP contribution in [-0.4, -0.2) is 196 Å². The molecule has 0 spiro atoms. The number of carbonyl (C=O) groups excluding carboxylic acids is 12. The molecule has 3 fully saturated rings. The van der Waals surface area contributed by atoms with Gasteiger partial charge in [0.1, 0.15) is 35.2 Å². The number of hydrogen-bond donors (Lipinski definition) is 3. The average Bonchev–Trinajstić information content (AvgIpc) is 1.79. The number of rotatable bonds is 24. The molecule has 0 aliphatic carbocycles. The average molecular weight is 1440 g/mol. The Morgan fingerprint density at radius 3 is 0.943 bits per heavy atom. The molecule has 6 aromatic rings. The number of cyclic esters (lactones) is 3. The second kappa shape index (κ2) is 36.1. The molecule has 9 unspecified atom stereocenters. The van der Waals surface area contributed by atoms with Crippen LogP contribution in [0.3, 0.4) is 0 Å². The summed E-state index contributed by atoms with van der Waals surface area (Å²) < 4.78 is 31.7. The van der Waals surface area contributed by atoms with E-state index in [0.717, 1.165) is 32.9 Å². The summed E-state index contributed by atoms with van der Waals surface area (Å²) in [5.74, 6) is -5.21. The molecule has 3 aromatic heterocycles. The molecule has 3 N–H and O–H groups in total. The molecule has 3 saturated heterocycles. The van der Waals surface area contributed by atoms with Gasteiger partial charge < -0.3 is 59.1 Å². The summed E-state index contributed by atoms with van der Waals surface area (Å²) in [5.41, 5.74) is 3.53. The third-order valence-corrected chi connectivity index (χ3v) is 18.6. The molecule has 6 aliphatic heterocycles. The lowest BCUT2D eigenvalue weighted by Crippen LogP contribution is -2.49. The minimum atomic E-state index is -0.818. The number of benzene rings is 3. The zero-order valence-electron chi connectivity index (χ0n) is 59.6. The van der Waals surface area contributed by atoms with Crippen LogP contribution in [0.25, 0.3) is 32.3 Å². The second-order valence-corrected chi connectivity index (χ2v) is 26.7. The van der Waals surface area contributed by atoms with Crippen molar-refractivity contribution in [2.75, 3.05) is 59.1 Å². The Bertz CT molecular complexity index is 3950. The van der Waals surface area contributed by atoms with E-state index in [4.69, 9.17) is 28.4 Å². The van der Waals surface area contributed by atoms with E-state index < -0.39 is 72.6 Å². The Balaban J connectivity index is 0.000000169. The number of carbonyl (C=O) groups is 12. The van der Waals surface area contributed by atoms with Crippen molar-refractivity contribution in [3.8, 4) is 0 Å². The number of hydrogen-bond acceptors (Lipinski definition) is 21. The molecule has 552 valence electrons. The molecular formula is C78H87N9O18. The number of ketones is 3. The van der Waals surface area contributed by atoms with Crippen LogP contribution >= 0.6 is 0 Å². The number of esters is 3. The molecule has 9 atom stereocenters.